The Kier molecular flexibility index (Phi) is 4.19. The van der Waals surface area contributed by atoms with Crippen LogP contribution in [0.1, 0.15) is 19.4 Å². The first kappa shape index (κ1) is 12.8. The van der Waals surface area contributed by atoms with Gasteiger partial charge in [-0.1, -0.05) is 26.0 Å². The fourth-order valence-electron chi connectivity index (χ4n) is 1.69. The number of rotatable bonds is 5. The number of carbonyl (C=O) groups excluding carboxylic acids is 1. The Bertz CT molecular complexity index is 345. The first-order valence-electron chi connectivity index (χ1n) is 5.32. The molecule has 16 heavy (non-hydrogen) atoms. The zero-order valence-corrected chi connectivity index (χ0v) is 10.0. The average molecular weight is 223 g/mol. The Labute approximate surface area is 96.1 Å². The van der Waals surface area contributed by atoms with Crippen LogP contribution in [-0.2, 0) is 11.3 Å². The fourth-order valence-corrected chi connectivity index (χ4v) is 1.69. The van der Waals surface area contributed by atoms with Crippen LogP contribution in [0, 0.1) is 11.2 Å². The first-order valence-corrected chi connectivity index (χ1v) is 5.32. The predicted octanol–water partition coefficient (Wildman–Crippen LogP) is 2.48. The molecule has 0 saturated heterocycles. The van der Waals surface area contributed by atoms with Crippen LogP contribution >= 0.6 is 0 Å². The van der Waals surface area contributed by atoms with Gasteiger partial charge in [0, 0.05) is 18.5 Å². The molecule has 0 aliphatic rings. The third kappa shape index (κ3) is 4.11. The Hall–Kier alpha value is -1.22. The molecule has 0 radical (unpaired) electrons. The van der Waals surface area contributed by atoms with E-state index in [9.17, 15) is 9.18 Å². The second-order valence-corrected chi connectivity index (χ2v) is 4.91. The van der Waals surface area contributed by atoms with Crippen LogP contribution < -0.4 is 0 Å². The molecule has 2 nitrogen and oxygen atoms in total. The largest absolute Gasteiger partial charge is 0.303 e. The predicted molar refractivity (Wildman–Crippen MR) is 62.6 cm³/mol. The summed E-state index contributed by atoms with van der Waals surface area (Å²) >= 11 is 0. The Morgan fingerprint density at radius 2 is 1.88 bits per heavy atom. The van der Waals surface area contributed by atoms with E-state index in [1.165, 1.54) is 12.1 Å². The van der Waals surface area contributed by atoms with Crippen molar-refractivity contribution in [2.24, 2.45) is 5.41 Å². The van der Waals surface area contributed by atoms with Crippen molar-refractivity contribution in [3.63, 3.8) is 0 Å². The second kappa shape index (κ2) is 5.21. The van der Waals surface area contributed by atoms with Crippen molar-refractivity contribution < 1.29 is 9.18 Å². The highest BCUT2D eigenvalue weighted by molar-refractivity contribution is 5.58. The SMILES string of the molecule is CN(Cc1ccc(F)cc1)CC(C)(C)C=O. The van der Waals surface area contributed by atoms with Crippen molar-refractivity contribution in [1.82, 2.24) is 4.90 Å². The summed E-state index contributed by atoms with van der Waals surface area (Å²) in [6, 6.07) is 6.43. The quantitative estimate of drug-likeness (QED) is 0.715. The van der Waals surface area contributed by atoms with Gasteiger partial charge in [0.2, 0.25) is 0 Å². The summed E-state index contributed by atoms with van der Waals surface area (Å²) in [7, 11) is 1.95. The molecular weight excluding hydrogens is 205 g/mol. The van der Waals surface area contributed by atoms with Gasteiger partial charge in [0.05, 0.1) is 0 Å². The van der Waals surface area contributed by atoms with Crippen LogP contribution in [0.15, 0.2) is 24.3 Å². The molecule has 0 atom stereocenters. The summed E-state index contributed by atoms with van der Waals surface area (Å²) in [5.74, 6) is -0.223. The molecule has 0 aromatic heterocycles. The van der Waals surface area contributed by atoms with Gasteiger partial charge in [-0.05, 0) is 24.7 Å². The number of halogens is 1. The van der Waals surface area contributed by atoms with Gasteiger partial charge in [0.15, 0.2) is 0 Å². The van der Waals surface area contributed by atoms with E-state index in [4.69, 9.17) is 0 Å². The minimum atomic E-state index is -0.339. The molecule has 1 rings (SSSR count). The van der Waals surface area contributed by atoms with E-state index in [0.29, 0.717) is 6.54 Å². The zero-order chi connectivity index (χ0) is 12.2. The van der Waals surface area contributed by atoms with Crippen molar-refractivity contribution >= 4 is 6.29 Å². The summed E-state index contributed by atoms with van der Waals surface area (Å²) in [4.78, 5) is 12.8. The minimum Gasteiger partial charge on any atom is -0.303 e. The van der Waals surface area contributed by atoms with Crippen LogP contribution in [0.3, 0.4) is 0 Å². The van der Waals surface area contributed by atoms with Crippen molar-refractivity contribution in [2.45, 2.75) is 20.4 Å². The van der Waals surface area contributed by atoms with Gasteiger partial charge in [-0.3, -0.25) is 0 Å². The Morgan fingerprint density at radius 3 is 2.38 bits per heavy atom. The second-order valence-electron chi connectivity index (χ2n) is 4.91. The minimum absolute atomic E-state index is 0.223. The third-order valence-corrected chi connectivity index (χ3v) is 2.36. The number of carbonyl (C=O) groups is 1. The van der Waals surface area contributed by atoms with Crippen LogP contribution in [0.25, 0.3) is 0 Å². The highest BCUT2D eigenvalue weighted by atomic mass is 19.1. The van der Waals surface area contributed by atoms with Gasteiger partial charge in [0.25, 0.3) is 0 Å². The van der Waals surface area contributed by atoms with Crippen LogP contribution in [0.2, 0.25) is 0 Å². The molecule has 0 amide bonds. The lowest BCUT2D eigenvalue weighted by Crippen LogP contribution is -2.32. The Balaban J connectivity index is 2.54. The first-order chi connectivity index (χ1) is 7.43. The lowest BCUT2D eigenvalue weighted by molar-refractivity contribution is -0.115. The molecule has 1 aromatic carbocycles. The van der Waals surface area contributed by atoms with Gasteiger partial charge >= 0.3 is 0 Å². The van der Waals surface area contributed by atoms with Gasteiger partial charge < -0.3 is 9.69 Å². The normalized spacial score (nSPS) is 11.8. The highest BCUT2D eigenvalue weighted by Gasteiger charge is 2.18. The van der Waals surface area contributed by atoms with E-state index in [-0.39, 0.29) is 11.2 Å². The fraction of sp³-hybridized carbons (Fsp3) is 0.462. The maximum atomic E-state index is 12.7. The molecule has 0 heterocycles. The summed E-state index contributed by atoms with van der Waals surface area (Å²) in [6.07, 6.45) is 0.966. The van der Waals surface area contributed by atoms with Crippen molar-refractivity contribution in [3.8, 4) is 0 Å². The molecule has 0 fully saturated rings. The summed E-state index contributed by atoms with van der Waals surface area (Å²) in [5, 5.41) is 0. The van der Waals surface area contributed by atoms with Crippen LogP contribution in [0.4, 0.5) is 4.39 Å². The number of hydrogen-bond acceptors (Lipinski definition) is 2. The maximum absolute atomic E-state index is 12.7. The van der Waals surface area contributed by atoms with E-state index < -0.39 is 0 Å². The summed E-state index contributed by atoms with van der Waals surface area (Å²) < 4.78 is 12.7. The van der Waals surface area contributed by atoms with E-state index in [2.05, 4.69) is 4.90 Å². The lowest BCUT2D eigenvalue weighted by atomic mass is 9.95. The standard InChI is InChI=1S/C13H18FNO/c1-13(2,10-16)9-15(3)8-11-4-6-12(14)7-5-11/h4-7,10H,8-9H2,1-3H3. The summed E-state index contributed by atoms with van der Waals surface area (Å²) in [5.41, 5.74) is 0.708. The molecule has 1 aromatic rings. The summed E-state index contributed by atoms with van der Waals surface area (Å²) in [6.45, 7) is 5.22. The van der Waals surface area contributed by atoms with E-state index in [1.54, 1.807) is 12.1 Å². The van der Waals surface area contributed by atoms with Crippen molar-refractivity contribution in [1.29, 1.82) is 0 Å². The van der Waals surface area contributed by atoms with E-state index in [1.807, 2.05) is 20.9 Å². The number of aldehydes is 1. The van der Waals surface area contributed by atoms with Crippen molar-refractivity contribution in [2.75, 3.05) is 13.6 Å². The maximum Gasteiger partial charge on any atom is 0.126 e. The zero-order valence-electron chi connectivity index (χ0n) is 10.0. The molecule has 0 unspecified atom stereocenters. The van der Waals surface area contributed by atoms with Crippen LogP contribution in [-0.4, -0.2) is 24.8 Å². The molecule has 0 bridgehead atoms. The average Bonchev–Trinajstić information content (AvgIpc) is 2.21. The van der Waals surface area contributed by atoms with Gasteiger partial charge in [-0.2, -0.15) is 0 Å². The lowest BCUT2D eigenvalue weighted by Gasteiger charge is -2.25. The third-order valence-electron chi connectivity index (χ3n) is 2.36. The highest BCUT2D eigenvalue weighted by Crippen LogP contribution is 2.14. The molecule has 0 spiro atoms. The van der Waals surface area contributed by atoms with Crippen molar-refractivity contribution in [3.05, 3.63) is 35.6 Å². The van der Waals surface area contributed by atoms with Gasteiger partial charge in [-0.15, -0.1) is 0 Å². The van der Waals surface area contributed by atoms with Crippen LogP contribution in [0.5, 0.6) is 0 Å². The monoisotopic (exact) mass is 223 g/mol. The Morgan fingerprint density at radius 1 is 1.31 bits per heavy atom. The molecule has 0 saturated carbocycles. The van der Waals surface area contributed by atoms with E-state index >= 15 is 0 Å². The van der Waals surface area contributed by atoms with Gasteiger partial charge in [0.1, 0.15) is 12.1 Å². The molecule has 0 aliphatic carbocycles. The smallest absolute Gasteiger partial charge is 0.126 e. The molecule has 88 valence electrons. The topological polar surface area (TPSA) is 20.3 Å². The van der Waals surface area contributed by atoms with E-state index in [0.717, 1.165) is 18.4 Å². The molecule has 3 heteroatoms. The number of benzene rings is 1. The number of nitrogens with zero attached hydrogens (tertiary/aromatic N) is 1. The van der Waals surface area contributed by atoms with Gasteiger partial charge in [-0.25, -0.2) is 4.39 Å². The molecule has 0 aliphatic heterocycles. The molecular formula is C13H18FNO. The number of hydrogen-bond donors (Lipinski definition) is 0. The molecule has 0 N–H and O–H groups in total.